The molecule has 0 aliphatic carbocycles. The van der Waals surface area contributed by atoms with Crippen molar-refractivity contribution in [3.05, 3.63) is 0 Å². The molecule has 0 saturated carbocycles. The third-order valence-corrected chi connectivity index (χ3v) is 18.8. The van der Waals surface area contributed by atoms with Gasteiger partial charge in [-0.25, -0.2) is 4.79 Å². The minimum atomic E-state index is -3.04. The number of aliphatic hydroxyl groups excluding tert-OH is 23. The first-order valence-electron chi connectivity index (χ1n) is 32.6. The molecule has 0 radical (unpaired) electrons. The van der Waals surface area contributed by atoms with E-state index in [9.17, 15) is 142 Å². The van der Waals surface area contributed by atoms with Crippen molar-refractivity contribution in [2.45, 2.75) is 285 Å². The fourth-order valence-electron chi connectivity index (χ4n) is 13.1. The van der Waals surface area contributed by atoms with Crippen LogP contribution in [0, 0.1) is 0 Å². The fraction of sp³-hybridized carbons (Fsp3) is 0.930. The molecule has 46 heteroatoms. The Hall–Kier alpha value is -3.64. The van der Waals surface area contributed by atoms with Gasteiger partial charge in [0.25, 0.3) is 5.79 Å². The summed E-state index contributed by atoms with van der Waals surface area (Å²) in [6, 6.07) is -5.50. The van der Waals surface area contributed by atoms with Crippen LogP contribution >= 0.6 is 0 Å². The number of carboxylic acids is 1. The zero-order chi connectivity index (χ0) is 76.3. The van der Waals surface area contributed by atoms with Crippen LogP contribution in [0.2, 0.25) is 0 Å². The van der Waals surface area contributed by atoms with Crippen molar-refractivity contribution in [1.29, 1.82) is 0 Å². The van der Waals surface area contributed by atoms with Gasteiger partial charge in [0, 0.05) is 27.2 Å². The maximum Gasteiger partial charge on any atom is 0.364 e. The number of aliphatic carboxylic acids is 1. The van der Waals surface area contributed by atoms with Gasteiger partial charge in [-0.05, 0) is 6.92 Å². The molecule has 0 spiro atoms. The van der Waals surface area contributed by atoms with Crippen molar-refractivity contribution in [3.63, 3.8) is 0 Å². The van der Waals surface area contributed by atoms with Crippen LogP contribution in [0.25, 0.3) is 0 Å². The summed E-state index contributed by atoms with van der Waals surface area (Å²) in [5, 5.41) is 269. The summed E-state index contributed by atoms with van der Waals surface area (Å²) in [4.78, 5) is 51.0. The molecular weight excluding hydrogens is 1410 g/mol. The number of ether oxygens (including phenoxy) is 15. The van der Waals surface area contributed by atoms with E-state index < -0.39 is 327 Å². The molecule has 8 rings (SSSR count). The second kappa shape index (κ2) is 36.3. The zero-order valence-corrected chi connectivity index (χ0v) is 55.2. The maximum atomic E-state index is 13.2. The quantitative estimate of drug-likeness (QED) is 0.0363. The molecule has 0 aromatic carbocycles. The van der Waals surface area contributed by atoms with E-state index in [1.807, 2.05) is 0 Å². The Morgan fingerprint density at radius 2 is 0.854 bits per heavy atom. The summed E-state index contributed by atoms with van der Waals surface area (Å²) in [5.41, 5.74) is 0. The average molecular weight is 1510 g/mol. The van der Waals surface area contributed by atoms with E-state index in [0.717, 1.165) is 20.8 Å². The van der Waals surface area contributed by atoms with E-state index in [0.29, 0.717) is 0 Å². The second-order valence-corrected chi connectivity index (χ2v) is 26.1. The molecule has 46 nitrogen and oxygen atoms in total. The van der Waals surface area contributed by atoms with Crippen molar-refractivity contribution in [2.24, 2.45) is 0 Å². The largest absolute Gasteiger partial charge is 0.477 e. The topological polar surface area (TPSA) is 728 Å². The van der Waals surface area contributed by atoms with Gasteiger partial charge in [0.1, 0.15) is 183 Å². The molecule has 8 heterocycles. The third kappa shape index (κ3) is 18.6. The molecule has 0 aromatic rings. The van der Waals surface area contributed by atoms with Crippen molar-refractivity contribution >= 4 is 23.7 Å². The van der Waals surface area contributed by atoms with Crippen molar-refractivity contribution < 1.29 is 213 Å². The van der Waals surface area contributed by atoms with Gasteiger partial charge in [0.05, 0.1) is 64.5 Å². The lowest BCUT2D eigenvalue weighted by Crippen LogP contribution is -2.70. The minimum Gasteiger partial charge on any atom is -0.477 e. The molecule has 0 unspecified atom stereocenters. The normalized spacial score (nSPS) is 48.3. The number of hydrogen-bond donors (Lipinski definition) is 27. The van der Waals surface area contributed by atoms with E-state index in [2.05, 4.69) is 16.0 Å². The highest BCUT2D eigenvalue weighted by atomic mass is 16.8. The Morgan fingerprint density at radius 1 is 0.417 bits per heavy atom. The van der Waals surface area contributed by atoms with Gasteiger partial charge < -0.3 is 210 Å². The predicted molar refractivity (Wildman–Crippen MR) is 315 cm³/mol. The van der Waals surface area contributed by atoms with Crippen LogP contribution in [-0.2, 0) is 90.2 Å². The van der Waals surface area contributed by atoms with Crippen molar-refractivity contribution in [3.8, 4) is 0 Å². The van der Waals surface area contributed by atoms with Gasteiger partial charge in [-0.2, -0.15) is 0 Å². The molecule has 8 aliphatic heterocycles. The summed E-state index contributed by atoms with van der Waals surface area (Å²) >= 11 is 0. The van der Waals surface area contributed by atoms with Gasteiger partial charge in [-0.15, -0.1) is 0 Å². The van der Waals surface area contributed by atoms with Crippen LogP contribution in [0.5, 0.6) is 0 Å². The molecular formula is C57H95N3O43. The standard InChI is InChI=1S/C57H95N3O43/c1-13-28(71)35(78)40(83)52(91-13)102-48-37(80)30(73)19(7-62)94-55(48)100-45-27(60-16(4)68)51(93-20(8-63)32(45)75)101-47-33(76)23(96-54(42(47)85)99-44-21(9-64)92-49(86)39(82)38(44)81)11-89-50-26(59-15(3)67)34(77)43(22(10-65)95-50)98-53-41(84)36(79)31(74)24(97-53)12-90-57(56(87)88)5-17(69)25(58-14(2)66)46(103-57)29(72)18(70)6-61/h13,17-55,61-65,69-86H,5-12H2,1-4H3,(H,58,66)(H,59,67)(H,60,68)(H,87,88)/t13-,17-,18+,19+,20+,21+,22+,23+,24+,25+,26+,27+,28+,29+,30-,31-,32+,33-,34+,35+,36-,37-,38+,39+,40-,41+,42+,43+,44+,45+,46+,47-,48+,49+,50+,51-,52-,53-,54-,55-,57+/m0/s1. The van der Waals surface area contributed by atoms with E-state index >= 15 is 0 Å². The van der Waals surface area contributed by atoms with Gasteiger partial charge in [0.15, 0.2) is 44.0 Å². The Labute approximate surface area is 582 Å². The van der Waals surface area contributed by atoms with E-state index in [1.54, 1.807) is 0 Å². The smallest absolute Gasteiger partial charge is 0.364 e. The van der Waals surface area contributed by atoms with E-state index in [-0.39, 0.29) is 0 Å². The second-order valence-electron chi connectivity index (χ2n) is 26.1. The third-order valence-electron chi connectivity index (χ3n) is 18.8. The van der Waals surface area contributed by atoms with Crippen LogP contribution in [-0.4, -0.2) is 444 Å². The van der Waals surface area contributed by atoms with Crippen molar-refractivity contribution in [1.82, 2.24) is 16.0 Å². The van der Waals surface area contributed by atoms with Crippen LogP contribution in [0.1, 0.15) is 34.1 Å². The number of hydrogen-bond acceptors (Lipinski definition) is 42. The Morgan fingerprint density at radius 3 is 1.43 bits per heavy atom. The van der Waals surface area contributed by atoms with Gasteiger partial charge in [-0.3, -0.25) is 14.4 Å². The molecule has 8 aliphatic rings. The fourth-order valence-corrected chi connectivity index (χ4v) is 13.1. The first-order valence-corrected chi connectivity index (χ1v) is 32.6. The van der Waals surface area contributed by atoms with Crippen LogP contribution in [0.15, 0.2) is 0 Å². The van der Waals surface area contributed by atoms with Crippen LogP contribution in [0.3, 0.4) is 0 Å². The number of carbonyl (C=O) groups is 4. The average Bonchev–Trinajstić information content (AvgIpc) is 0.772. The number of carboxylic acid groups (broad SMARTS) is 1. The Kier molecular flexibility index (Phi) is 29.9. The molecule has 27 N–H and O–H groups in total. The monoisotopic (exact) mass is 1510 g/mol. The lowest BCUT2D eigenvalue weighted by molar-refractivity contribution is -0.391. The highest BCUT2D eigenvalue weighted by Crippen LogP contribution is 2.40. The number of carbonyl (C=O) groups excluding carboxylic acids is 3. The molecule has 8 saturated heterocycles. The maximum absolute atomic E-state index is 13.2. The lowest BCUT2D eigenvalue weighted by Gasteiger charge is -2.51. The summed E-state index contributed by atoms with van der Waals surface area (Å²) < 4.78 is 87.2. The molecule has 8 fully saturated rings. The van der Waals surface area contributed by atoms with Gasteiger partial charge in [-0.1, -0.05) is 0 Å². The van der Waals surface area contributed by atoms with E-state index in [4.69, 9.17) is 71.1 Å². The number of rotatable bonds is 27. The van der Waals surface area contributed by atoms with Gasteiger partial charge >= 0.3 is 5.97 Å². The molecule has 0 aromatic heterocycles. The zero-order valence-electron chi connectivity index (χ0n) is 55.2. The Bertz CT molecular complexity index is 2730. The molecule has 596 valence electrons. The predicted octanol–water partition coefficient (Wildman–Crippen LogP) is -17.8. The highest BCUT2D eigenvalue weighted by Gasteiger charge is 2.61. The first kappa shape index (κ1) is 85.0. The number of nitrogens with one attached hydrogen (secondary N) is 3. The summed E-state index contributed by atoms with van der Waals surface area (Å²) in [6.07, 6.45) is -77.2. The Balaban J connectivity index is 1.05. The first-order chi connectivity index (χ1) is 48.5. The number of aliphatic hydroxyl groups is 23. The molecule has 3 amide bonds. The number of amides is 3. The van der Waals surface area contributed by atoms with Crippen LogP contribution < -0.4 is 16.0 Å². The summed E-state index contributed by atoms with van der Waals surface area (Å²) in [5.74, 6) is -7.78. The van der Waals surface area contributed by atoms with Crippen molar-refractivity contribution in [2.75, 3.05) is 46.2 Å². The van der Waals surface area contributed by atoms with Gasteiger partial charge in [0.2, 0.25) is 17.7 Å². The van der Waals surface area contributed by atoms with Crippen LogP contribution in [0.4, 0.5) is 0 Å². The highest BCUT2D eigenvalue weighted by molar-refractivity contribution is 5.77. The molecule has 103 heavy (non-hydrogen) atoms. The lowest BCUT2D eigenvalue weighted by atomic mass is 9.88. The summed E-state index contributed by atoms with van der Waals surface area (Å²) in [6.45, 7) is -3.68. The molecule has 41 atom stereocenters. The van der Waals surface area contributed by atoms with E-state index in [1.165, 1.54) is 6.92 Å². The summed E-state index contributed by atoms with van der Waals surface area (Å²) in [7, 11) is 0. The SMILES string of the molecule is CC(=O)N[C@H]1[C@H](OC[C@H]2O[C@@H](O[C@H]3[C@H](O)[C@@H](O)[C@H](O)O[C@@H]3CO)[C@H](O)[C@@H](O[C@@H]3O[C@H](CO)[C@@H](O)[C@H](O[C@@H]4O[C@H](CO)[C@H](O)[C@H](O)[C@H]4O[C@@H]4O[C@@H](C)[C@@H](O)[C@@H](O)[C@@H]4O)[C@H]3NC(C)=O)[C@H]2O)O[C@H](CO)[C@@H](O[C@@H]2O[C@H](CO[C@]3(C(=O)O)C[C@H](O)[C@@H](NC(C)=O)[C@H]([C@H](O)[C@H](O)CO)O3)[C@H](O)[C@H](O)[C@H]2O)[C@@H]1O. The molecule has 0 bridgehead atoms. The minimum absolute atomic E-state index is 0.818.